The highest BCUT2D eigenvalue weighted by molar-refractivity contribution is 6.14. The molecule has 1 aliphatic rings. The van der Waals surface area contributed by atoms with E-state index in [4.69, 9.17) is 4.74 Å². The van der Waals surface area contributed by atoms with Crippen molar-refractivity contribution in [3.63, 3.8) is 0 Å². The van der Waals surface area contributed by atoms with Crippen molar-refractivity contribution >= 4 is 23.5 Å². The van der Waals surface area contributed by atoms with Gasteiger partial charge >= 0.3 is 0 Å². The molecule has 0 saturated heterocycles. The number of aliphatic hydroxyl groups excluding tert-OH is 1. The Kier molecular flexibility index (Phi) is 6.94. The maximum absolute atomic E-state index is 13.0. The molecule has 0 saturated carbocycles. The summed E-state index contributed by atoms with van der Waals surface area (Å²) in [5.74, 6) is -1.77. The van der Waals surface area contributed by atoms with Gasteiger partial charge in [-0.25, -0.2) is 0 Å². The van der Waals surface area contributed by atoms with Gasteiger partial charge in [0.2, 0.25) is 0 Å². The molecular weight excluding hydrogens is 400 g/mol. The lowest BCUT2D eigenvalue weighted by Gasteiger charge is -2.26. The van der Waals surface area contributed by atoms with E-state index in [0.29, 0.717) is 18.6 Å². The number of rotatable bonds is 9. The Balaban J connectivity index is 1.96. The lowest BCUT2D eigenvalue weighted by atomic mass is 9.95. The molecule has 1 unspecified atom stereocenters. The van der Waals surface area contributed by atoms with E-state index in [1.54, 1.807) is 13.2 Å². The Hall–Kier alpha value is -3.78. The first-order chi connectivity index (χ1) is 14.9. The van der Waals surface area contributed by atoms with Gasteiger partial charge in [-0.15, -0.1) is 0 Å². The molecule has 1 aliphatic heterocycles. The highest BCUT2D eigenvalue weighted by Gasteiger charge is 2.42. The summed E-state index contributed by atoms with van der Waals surface area (Å²) in [6.45, 7) is 0.645. The molecule has 2 aromatic carbocycles. The van der Waals surface area contributed by atoms with E-state index in [2.05, 4.69) is 0 Å². The van der Waals surface area contributed by atoms with E-state index >= 15 is 0 Å². The van der Waals surface area contributed by atoms with Crippen molar-refractivity contribution in [2.45, 2.75) is 12.5 Å². The highest BCUT2D eigenvalue weighted by atomic mass is 16.6. The number of aliphatic hydroxyl groups is 1. The van der Waals surface area contributed by atoms with E-state index < -0.39 is 28.4 Å². The zero-order valence-corrected chi connectivity index (χ0v) is 16.9. The monoisotopic (exact) mass is 422 g/mol. The maximum Gasteiger partial charge on any atom is 0.290 e. The number of carbonyl (C=O) groups is 2. The molecule has 8 heteroatoms. The summed E-state index contributed by atoms with van der Waals surface area (Å²) >= 11 is 0. The van der Waals surface area contributed by atoms with Crippen LogP contribution in [-0.4, -0.2) is 46.9 Å². The molecule has 1 N–H and O–H groups in total. The fourth-order valence-electron chi connectivity index (χ4n) is 3.47. The Bertz CT molecular complexity index is 1030. The largest absolute Gasteiger partial charge is 0.503 e. The van der Waals surface area contributed by atoms with Crippen LogP contribution in [0.2, 0.25) is 0 Å². The number of ether oxygens (including phenoxy) is 1. The highest BCUT2D eigenvalue weighted by Crippen LogP contribution is 2.38. The first kappa shape index (κ1) is 21.9. The Morgan fingerprint density at radius 2 is 1.87 bits per heavy atom. The second kappa shape index (κ2) is 9.82. The molecule has 1 amide bonds. The van der Waals surface area contributed by atoms with E-state index in [1.165, 1.54) is 35.2 Å². The Labute approximate surface area is 179 Å². The predicted octanol–water partition coefficient (Wildman–Crippen LogP) is 3.61. The number of hydrogen-bond donors (Lipinski definition) is 1. The average molecular weight is 422 g/mol. The molecule has 0 radical (unpaired) electrons. The van der Waals surface area contributed by atoms with Crippen LogP contribution in [0.5, 0.6) is 0 Å². The van der Waals surface area contributed by atoms with Gasteiger partial charge in [0.15, 0.2) is 11.5 Å². The SMILES string of the molecule is COCCCN1C(=O)C(O)=C(C(=O)C=Cc2ccccc2)C1c1ccc([N+](=O)[O-])cc1. The van der Waals surface area contributed by atoms with Crippen molar-refractivity contribution in [3.05, 3.63) is 93.2 Å². The molecular formula is C23H22N2O6. The second-order valence-corrected chi connectivity index (χ2v) is 6.97. The normalized spacial score (nSPS) is 16.4. The molecule has 0 aliphatic carbocycles. The number of hydrogen-bond acceptors (Lipinski definition) is 6. The topological polar surface area (TPSA) is 110 Å². The molecule has 31 heavy (non-hydrogen) atoms. The number of methoxy groups -OCH3 is 1. The zero-order valence-electron chi connectivity index (χ0n) is 16.9. The molecule has 160 valence electrons. The third-order valence-electron chi connectivity index (χ3n) is 4.96. The van der Waals surface area contributed by atoms with Crippen molar-refractivity contribution in [1.29, 1.82) is 0 Å². The average Bonchev–Trinajstić information content (AvgIpc) is 3.03. The Morgan fingerprint density at radius 1 is 1.19 bits per heavy atom. The number of allylic oxidation sites excluding steroid dienone is 1. The number of amides is 1. The summed E-state index contributed by atoms with van der Waals surface area (Å²) in [6, 6.07) is 13.9. The van der Waals surface area contributed by atoms with Crippen LogP contribution in [-0.2, 0) is 14.3 Å². The first-order valence-corrected chi connectivity index (χ1v) is 9.69. The number of non-ortho nitro benzene ring substituents is 1. The third-order valence-corrected chi connectivity index (χ3v) is 4.96. The van der Waals surface area contributed by atoms with Gasteiger partial charge in [0.1, 0.15) is 0 Å². The van der Waals surface area contributed by atoms with Crippen molar-refractivity contribution in [1.82, 2.24) is 4.90 Å². The van der Waals surface area contributed by atoms with Crippen LogP contribution < -0.4 is 0 Å². The number of nitrogens with zero attached hydrogens (tertiary/aromatic N) is 2. The minimum Gasteiger partial charge on any atom is -0.503 e. The van der Waals surface area contributed by atoms with Crippen LogP contribution >= 0.6 is 0 Å². The van der Waals surface area contributed by atoms with Gasteiger partial charge in [-0.1, -0.05) is 36.4 Å². The zero-order chi connectivity index (χ0) is 22.4. The summed E-state index contributed by atoms with van der Waals surface area (Å²) in [7, 11) is 1.54. The molecule has 8 nitrogen and oxygen atoms in total. The van der Waals surface area contributed by atoms with Crippen LogP contribution in [0.4, 0.5) is 5.69 Å². The number of carbonyl (C=O) groups excluding carboxylic acids is 2. The number of benzene rings is 2. The molecule has 1 heterocycles. The lowest BCUT2D eigenvalue weighted by Crippen LogP contribution is -2.32. The van der Waals surface area contributed by atoms with Crippen LogP contribution in [0.1, 0.15) is 23.6 Å². The van der Waals surface area contributed by atoms with Crippen molar-refractivity contribution in [3.8, 4) is 0 Å². The summed E-state index contributed by atoms with van der Waals surface area (Å²) in [5.41, 5.74) is 1.13. The standard InChI is InChI=1S/C23H22N2O6/c1-31-15-5-14-24-21(17-9-11-18(12-10-17)25(29)30)20(22(27)23(24)28)19(26)13-8-16-6-3-2-4-7-16/h2-4,6-13,21,27H,5,14-15H2,1H3. The number of ketones is 1. The number of nitro groups is 1. The van der Waals surface area contributed by atoms with E-state index in [-0.39, 0.29) is 17.8 Å². The smallest absolute Gasteiger partial charge is 0.290 e. The fraction of sp³-hybridized carbons (Fsp3) is 0.217. The van der Waals surface area contributed by atoms with Gasteiger partial charge in [0, 0.05) is 32.4 Å². The minimum absolute atomic E-state index is 0.0524. The molecule has 0 fully saturated rings. The molecule has 0 aromatic heterocycles. The van der Waals surface area contributed by atoms with Gasteiger partial charge in [-0.05, 0) is 35.8 Å². The quantitative estimate of drug-likeness (QED) is 0.286. The van der Waals surface area contributed by atoms with Gasteiger partial charge in [-0.3, -0.25) is 19.7 Å². The molecule has 0 spiro atoms. The molecule has 1 atom stereocenters. The second-order valence-electron chi connectivity index (χ2n) is 6.97. The fourth-order valence-corrected chi connectivity index (χ4v) is 3.47. The predicted molar refractivity (Wildman–Crippen MR) is 114 cm³/mol. The first-order valence-electron chi connectivity index (χ1n) is 9.69. The van der Waals surface area contributed by atoms with Gasteiger partial charge in [-0.2, -0.15) is 0 Å². The van der Waals surface area contributed by atoms with Crippen molar-refractivity contribution in [2.75, 3.05) is 20.3 Å². The van der Waals surface area contributed by atoms with Crippen LogP contribution in [0.25, 0.3) is 6.08 Å². The lowest BCUT2D eigenvalue weighted by molar-refractivity contribution is -0.384. The van der Waals surface area contributed by atoms with Crippen LogP contribution in [0, 0.1) is 10.1 Å². The minimum atomic E-state index is -0.849. The van der Waals surface area contributed by atoms with Crippen molar-refractivity contribution < 1.29 is 24.4 Å². The summed E-state index contributed by atoms with van der Waals surface area (Å²) in [6.07, 6.45) is 3.42. The summed E-state index contributed by atoms with van der Waals surface area (Å²) in [5, 5.41) is 21.5. The van der Waals surface area contributed by atoms with Crippen LogP contribution in [0.3, 0.4) is 0 Å². The Morgan fingerprint density at radius 3 is 2.48 bits per heavy atom. The van der Waals surface area contributed by atoms with Gasteiger partial charge in [0.05, 0.1) is 16.5 Å². The van der Waals surface area contributed by atoms with Crippen molar-refractivity contribution in [2.24, 2.45) is 0 Å². The number of nitro benzene ring substituents is 1. The van der Waals surface area contributed by atoms with E-state index in [1.807, 2.05) is 30.3 Å². The van der Waals surface area contributed by atoms with Gasteiger partial charge in [0.25, 0.3) is 11.6 Å². The van der Waals surface area contributed by atoms with Crippen LogP contribution in [0.15, 0.2) is 72.0 Å². The molecule has 2 aromatic rings. The summed E-state index contributed by atoms with van der Waals surface area (Å²) in [4.78, 5) is 37.6. The third kappa shape index (κ3) is 4.87. The molecule has 0 bridgehead atoms. The molecule has 3 rings (SSSR count). The maximum atomic E-state index is 13.0. The summed E-state index contributed by atoms with van der Waals surface area (Å²) < 4.78 is 5.04. The van der Waals surface area contributed by atoms with E-state index in [0.717, 1.165) is 5.56 Å². The van der Waals surface area contributed by atoms with E-state index in [9.17, 15) is 24.8 Å². The van der Waals surface area contributed by atoms with Gasteiger partial charge < -0.3 is 14.7 Å².